The molecule has 0 rings (SSSR count). The van der Waals surface area contributed by atoms with Crippen LogP contribution in [0.15, 0.2) is 0 Å². The van der Waals surface area contributed by atoms with E-state index in [1.807, 2.05) is 14.1 Å². The molecule has 0 aromatic heterocycles. The topological polar surface area (TPSA) is 47.6 Å². The Kier molecular flexibility index (Phi) is 28.9. The number of nitrogens with one attached hydrogen (secondary N) is 1. The van der Waals surface area contributed by atoms with Crippen molar-refractivity contribution in [3.8, 4) is 0 Å². The fourth-order valence-electron chi connectivity index (χ4n) is 2.82. The van der Waals surface area contributed by atoms with Gasteiger partial charge in [-0.2, -0.15) is 0 Å². The van der Waals surface area contributed by atoms with Crippen LogP contribution >= 0.6 is 0 Å². The molecule has 164 valence electrons. The third-order valence-corrected chi connectivity index (χ3v) is 4.44. The first kappa shape index (κ1) is 28.4. The number of hydrogen-bond donors (Lipinski definition) is 1. The van der Waals surface area contributed by atoms with E-state index in [0.717, 1.165) is 25.7 Å². The van der Waals surface area contributed by atoms with Crippen LogP contribution in [-0.4, -0.2) is 33.5 Å². The molecule has 0 unspecified atom stereocenters. The van der Waals surface area contributed by atoms with Gasteiger partial charge in [0, 0.05) is 0 Å². The van der Waals surface area contributed by atoms with Gasteiger partial charge < -0.3 is 14.8 Å². The van der Waals surface area contributed by atoms with Crippen LogP contribution in [0.2, 0.25) is 0 Å². The lowest BCUT2D eigenvalue weighted by Gasteiger charge is -2.06. The molecule has 4 nitrogen and oxygen atoms in total. The molecule has 0 aromatic rings. The van der Waals surface area contributed by atoms with Crippen LogP contribution in [0.25, 0.3) is 0 Å². The van der Waals surface area contributed by atoms with Gasteiger partial charge in [-0.15, -0.1) is 0 Å². The fraction of sp³-hybridized carbons (Fsp3) is 0.957. The van der Waals surface area contributed by atoms with Gasteiger partial charge in [0.25, 0.3) is 0 Å². The molecular weight excluding hydrogens is 338 g/mol. The first-order chi connectivity index (χ1) is 13.2. The number of rotatable bonds is 18. The summed E-state index contributed by atoms with van der Waals surface area (Å²) in [7, 11) is 3.75. The van der Waals surface area contributed by atoms with Crippen molar-refractivity contribution in [3.63, 3.8) is 0 Å². The molecule has 0 saturated heterocycles. The highest BCUT2D eigenvalue weighted by molar-refractivity contribution is 5.59. The second kappa shape index (κ2) is 27.4. The quantitative estimate of drug-likeness (QED) is 0.199. The van der Waals surface area contributed by atoms with E-state index in [4.69, 9.17) is 9.47 Å². The zero-order chi connectivity index (χ0) is 20.4. The van der Waals surface area contributed by atoms with Crippen molar-refractivity contribution in [1.29, 1.82) is 0 Å². The van der Waals surface area contributed by atoms with Crippen LogP contribution in [-0.2, 0) is 9.47 Å². The maximum Gasteiger partial charge on any atom is 0.508 e. The van der Waals surface area contributed by atoms with Crippen molar-refractivity contribution >= 4 is 6.16 Å². The second-order valence-corrected chi connectivity index (χ2v) is 7.40. The summed E-state index contributed by atoms with van der Waals surface area (Å²) in [4.78, 5) is 11.4. The van der Waals surface area contributed by atoms with E-state index in [-0.39, 0.29) is 0 Å². The van der Waals surface area contributed by atoms with Crippen molar-refractivity contribution < 1.29 is 14.3 Å². The highest BCUT2D eigenvalue weighted by Gasteiger charge is 2.03. The normalized spacial score (nSPS) is 10.2. The van der Waals surface area contributed by atoms with Gasteiger partial charge in [0.15, 0.2) is 0 Å². The first-order valence-corrected chi connectivity index (χ1v) is 11.6. The SMILES string of the molecule is CCCCCCCCCCOC(=O)OCCCCCCCCCC.CNC. The van der Waals surface area contributed by atoms with E-state index >= 15 is 0 Å². The van der Waals surface area contributed by atoms with Gasteiger partial charge in [0.1, 0.15) is 0 Å². The van der Waals surface area contributed by atoms with E-state index in [1.54, 1.807) is 0 Å². The van der Waals surface area contributed by atoms with Crippen molar-refractivity contribution in [3.05, 3.63) is 0 Å². The second-order valence-electron chi connectivity index (χ2n) is 7.40. The number of hydrogen-bond acceptors (Lipinski definition) is 4. The molecule has 0 radical (unpaired) electrons. The molecule has 0 fully saturated rings. The summed E-state index contributed by atoms with van der Waals surface area (Å²) in [6, 6.07) is 0. The molecule has 0 spiro atoms. The Hall–Kier alpha value is -0.770. The van der Waals surface area contributed by atoms with Crippen LogP contribution in [0, 0.1) is 0 Å². The summed E-state index contributed by atoms with van der Waals surface area (Å²) < 4.78 is 10.2. The Morgan fingerprint density at radius 3 is 1.11 bits per heavy atom. The molecule has 0 aromatic carbocycles. The molecule has 0 aliphatic carbocycles. The number of carbonyl (C=O) groups is 1. The van der Waals surface area contributed by atoms with Crippen molar-refractivity contribution in [1.82, 2.24) is 5.32 Å². The largest absolute Gasteiger partial charge is 0.508 e. The molecule has 0 heterocycles. The molecule has 1 N–H and O–H groups in total. The highest BCUT2D eigenvalue weighted by Crippen LogP contribution is 2.09. The molecule has 0 saturated carbocycles. The molecule has 4 heteroatoms. The van der Waals surface area contributed by atoms with E-state index in [2.05, 4.69) is 19.2 Å². The van der Waals surface area contributed by atoms with Crippen LogP contribution in [0.5, 0.6) is 0 Å². The lowest BCUT2D eigenvalue weighted by Crippen LogP contribution is -2.09. The molecule has 0 aliphatic rings. The lowest BCUT2D eigenvalue weighted by atomic mass is 10.1. The third-order valence-electron chi connectivity index (χ3n) is 4.44. The maximum absolute atomic E-state index is 11.4. The predicted octanol–water partition coefficient (Wildman–Crippen LogP) is 7.26. The lowest BCUT2D eigenvalue weighted by molar-refractivity contribution is 0.0529. The third kappa shape index (κ3) is 30.2. The summed E-state index contributed by atoms with van der Waals surface area (Å²) in [6.45, 7) is 5.49. The number of carbonyl (C=O) groups excluding carboxylic acids is 1. The highest BCUT2D eigenvalue weighted by atomic mass is 16.7. The first-order valence-electron chi connectivity index (χ1n) is 11.6. The number of ether oxygens (including phenoxy) is 2. The molecular formula is C23H49NO3. The van der Waals surface area contributed by atoms with E-state index in [1.165, 1.54) is 77.0 Å². The summed E-state index contributed by atoms with van der Waals surface area (Å²) in [5.41, 5.74) is 0. The summed E-state index contributed by atoms with van der Waals surface area (Å²) >= 11 is 0. The molecule has 0 amide bonds. The average molecular weight is 388 g/mol. The summed E-state index contributed by atoms with van der Waals surface area (Å²) in [6.07, 6.45) is 19.6. The van der Waals surface area contributed by atoms with Gasteiger partial charge in [-0.05, 0) is 26.9 Å². The van der Waals surface area contributed by atoms with E-state index in [0.29, 0.717) is 13.2 Å². The van der Waals surface area contributed by atoms with Gasteiger partial charge in [-0.3, -0.25) is 0 Å². The summed E-state index contributed by atoms with van der Waals surface area (Å²) in [5.74, 6) is 0. The number of unbranched alkanes of at least 4 members (excludes halogenated alkanes) is 14. The van der Waals surface area contributed by atoms with E-state index in [9.17, 15) is 4.79 Å². The average Bonchev–Trinajstić information content (AvgIpc) is 2.66. The minimum atomic E-state index is -0.485. The standard InChI is InChI=1S/C21H42O3.C2H7N/c1-3-5-7-9-11-13-15-17-19-23-21(22)24-20-18-16-14-12-10-8-6-4-2;1-3-2/h3-20H2,1-2H3;3H,1-2H3. The van der Waals surface area contributed by atoms with Crippen molar-refractivity contribution in [2.45, 2.75) is 117 Å². The Morgan fingerprint density at radius 2 is 0.815 bits per heavy atom. The van der Waals surface area contributed by atoms with Crippen LogP contribution < -0.4 is 5.32 Å². The van der Waals surface area contributed by atoms with Gasteiger partial charge in [-0.1, -0.05) is 104 Å². The minimum Gasteiger partial charge on any atom is -0.434 e. The van der Waals surface area contributed by atoms with Crippen molar-refractivity contribution in [2.75, 3.05) is 27.3 Å². The smallest absolute Gasteiger partial charge is 0.434 e. The molecule has 0 bridgehead atoms. The van der Waals surface area contributed by atoms with Gasteiger partial charge in [-0.25, -0.2) is 4.79 Å². The minimum absolute atomic E-state index is 0.485. The Bertz CT molecular complexity index is 248. The van der Waals surface area contributed by atoms with Gasteiger partial charge in [0.2, 0.25) is 0 Å². The van der Waals surface area contributed by atoms with Crippen LogP contribution in [0.1, 0.15) is 117 Å². The maximum atomic E-state index is 11.4. The Morgan fingerprint density at radius 1 is 0.556 bits per heavy atom. The Balaban J connectivity index is 0. The zero-order valence-electron chi connectivity index (χ0n) is 19.0. The van der Waals surface area contributed by atoms with Crippen LogP contribution in [0.4, 0.5) is 4.79 Å². The van der Waals surface area contributed by atoms with E-state index < -0.39 is 6.16 Å². The molecule has 27 heavy (non-hydrogen) atoms. The van der Waals surface area contributed by atoms with Crippen LogP contribution in [0.3, 0.4) is 0 Å². The molecule has 0 aliphatic heterocycles. The Labute approximate surface area is 170 Å². The fourth-order valence-corrected chi connectivity index (χ4v) is 2.82. The zero-order valence-corrected chi connectivity index (χ0v) is 19.0. The van der Waals surface area contributed by atoms with Crippen molar-refractivity contribution in [2.24, 2.45) is 0 Å². The monoisotopic (exact) mass is 387 g/mol. The van der Waals surface area contributed by atoms with Gasteiger partial charge >= 0.3 is 6.16 Å². The summed E-state index contributed by atoms with van der Waals surface area (Å²) in [5, 5.41) is 2.75. The predicted molar refractivity (Wildman–Crippen MR) is 118 cm³/mol. The molecule has 0 atom stereocenters. The van der Waals surface area contributed by atoms with Gasteiger partial charge in [0.05, 0.1) is 13.2 Å².